The Morgan fingerprint density at radius 2 is 0.669 bits per heavy atom. The molecule has 0 radical (unpaired) electrons. The molecule has 0 saturated carbocycles. The van der Waals surface area contributed by atoms with Crippen LogP contribution in [0.25, 0.3) is 6.08 Å². The first-order valence-electron chi connectivity index (χ1n) is 45.2. The molecule has 4 aliphatic heterocycles. The highest BCUT2D eigenvalue weighted by molar-refractivity contribution is 9.08. The van der Waals surface area contributed by atoms with Gasteiger partial charge in [0.1, 0.15) is 74.5 Å². The molecular weight excluding hydrogens is 1830 g/mol. The first-order valence-corrected chi connectivity index (χ1v) is 49.7. The number of benzene rings is 11. The molecule has 0 aromatic heterocycles. The van der Waals surface area contributed by atoms with Gasteiger partial charge in [-0.15, -0.1) is 0 Å². The standard InChI is InChI=1S/C26H24OP.C18H27NO3.C18H25NO3.C18H15P.C13H19NO.C10H17NO3.C8H9BrO.2CH4.BrH/c1-27-23-13-11-12-22(20-23)21-28(24-14-5-2-6-15-24,25-16-7-3-8-17-25)26-18-9-4-10-19-26;2*1-18(2,3)22-17(20)19-10-8-14(9-11-19)12-15-6-5-7-16(13-15)21-4;1-4-10-16(11-5-1)19(17-12-6-2-7-13-17)18-14-8-3-9-15-18;1-15-13-4-2-3-12(10-13)9-11-5-7-14-8-6-11;1-10(2,3)14-9(13)11-6-4-8(12)5-7-11;1-10-8-4-2-3-7(5-8)6-9;;;/h2-20H,21H2,1H3;5-7,13-14H,8-12H2,1-4H3;5-7,12-13H,8-11H2,1-4H3;1-15H;2-4,10-11,14H,5-9H2,1H3;4-7H2,1-3H3;2-5H,6H2,1H3;2*1H4;1H/q+1;;;;;;;;;/p-1. The van der Waals surface area contributed by atoms with Crippen molar-refractivity contribution in [1.29, 1.82) is 0 Å². The van der Waals surface area contributed by atoms with Gasteiger partial charge in [-0.2, -0.15) is 0 Å². The number of likely N-dealkylation sites (tertiary alicyclic amines) is 3. The molecule has 1 N–H and O–H groups in total. The SMILES string of the molecule is C.C.CC(C)(C)OC(=O)N1CCC(=O)CC1.COc1cccc(C=C2CCN(C(=O)OC(C)(C)C)CC2)c1.COc1cccc(CBr)c1.COc1cccc(CC2CCN(C(=O)OC(C)(C)C)CC2)c1.COc1cccc(CC2CCNCC2)c1.COc1cccc(C[P+](c2ccccc2)(c2ccccc2)c2ccccc2)c1.[Br-].c1ccc(P(c2ccccc2)c2ccccc2)cc1. The van der Waals surface area contributed by atoms with Crippen LogP contribution >= 0.6 is 31.1 Å². The van der Waals surface area contributed by atoms with Gasteiger partial charge in [0, 0.05) is 57.4 Å². The van der Waals surface area contributed by atoms with Crippen LogP contribution in [0.4, 0.5) is 14.4 Å². The number of hydrogen-bond donors (Lipinski definition) is 1. The molecule has 20 heteroatoms. The average Bonchev–Trinajstić information content (AvgIpc) is 0.749. The van der Waals surface area contributed by atoms with E-state index in [0.29, 0.717) is 44.9 Å². The second kappa shape index (κ2) is 57.9. The molecule has 4 saturated heterocycles. The predicted molar refractivity (Wildman–Crippen MR) is 556 cm³/mol. The number of nitrogens with one attached hydrogen (secondary N) is 1. The molecule has 4 heterocycles. The van der Waals surface area contributed by atoms with E-state index >= 15 is 0 Å². The number of rotatable bonds is 19. The van der Waals surface area contributed by atoms with Gasteiger partial charge < -0.3 is 74.9 Å². The number of carbonyl (C=O) groups is 4. The maximum absolute atomic E-state index is 12.0. The van der Waals surface area contributed by atoms with Crippen LogP contribution in [0.5, 0.6) is 28.7 Å². The average molecular weight is 1970 g/mol. The van der Waals surface area contributed by atoms with Crippen LogP contribution in [-0.4, -0.2) is 143 Å². The quantitative estimate of drug-likeness (QED) is 0.0462. The van der Waals surface area contributed by atoms with E-state index in [1.54, 1.807) is 45.3 Å². The molecule has 16 nitrogen and oxygen atoms in total. The van der Waals surface area contributed by atoms with E-state index in [4.69, 9.17) is 37.9 Å². The van der Waals surface area contributed by atoms with Crippen molar-refractivity contribution < 1.29 is 74.1 Å². The number of amides is 3. The molecule has 11 aromatic rings. The smallest absolute Gasteiger partial charge is 0.410 e. The molecular formula is C113H144Br2N4O12P2. The summed E-state index contributed by atoms with van der Waals surface area (Å²) >= 11 is 3.37. The minimum Gasteiger partial charge on any atom is -1.00 e. The maximum Gasteiger partial charge on any atom is 0.410 e. The first-order chi connectivity index (χ1) is 62.6. The van der Waals surface area contributed by atoms with E-state index in [1.165, 1.54) is 92.0 Å². The Labute approximate surface area is 816 Å². The Balaban J connectivity index is 0.000000242. The summed E-state index contributed by atoms with van der Waals surface area (Å²) in [7, 11) is 6.19. The molecule has 11 aromatic carbocycles. The van der Waals surface area contributed by atoms with Crippen molar-refractivity contribution in [2.45, 2.75) is 170 Å². The molecule has 3 amide bonds. The molecule has 0 spiro atoms. The van der Waals surface area contributed by atoms with Crippen LogP contribution < -0.4 is 77.8 Å². The van der Waals surface area contributed by atoms with Gasteiger partial charge in [0.05, 0.1) is 41.7 Å². The fourth-order valence-corrected chi connectivity index (χ4v) is 22.3. The monoisotopic (exact) mass is 1970 g/mol. The number of methoxy groups -OCH3 is 5. The van der Waals surface area contributed by atoms with Crippen LogP contribution in [0.1, 0.15) is 156 Å². The highest BCUT2D eigenvalue weighted by Gasteiger charge is 2.45. The van der Waals surface area contributed by atoms with Gasteiger partial charge in [-0.1, -0.05) is 249 Å². The highest BCUT2D eigenvalue weighted by Crippen LogP contribution is 2.58. The lowest BCUT2D eigenvalue weighted by Gasteiger charge is -2.33. The molecule has 0 atom stereocenters. The molecule has 0 unspecified atom stereocenters. The number of piperidine rings is 4. The van der Waals surface area contributed by atoms with Crippen molar-refractivity contribution in [2.75, 3.05) is 87.9 Å². The van der Waals surface area contributed by atoms with E-state index in [9.17, 15) is 19.2 Å². The third-order valence-corrected chi connectivity index (χ3v) is 29.5. The van der Waals surface area contributed by atoms with Gasteiger partial charge in [-0.25, -0.2) is 14.4 Å². The van der Waals surface area contributed by atoms with Gasteiger partial charge in [0.25, 0.3) is 0 Å². The number of hydrogen-bond acceptors (Lipinski definition) is 13. The molecule has 15 rings (SSSR count). The lowest BCUT2D eigenvalue weighted by atomic mass is 9.90. The Hall–Kier alpha value is -10.6. The predicted octanol–water partition coefficient (Wildman–Crippen LogP) is 21.3. The molecule has 0 bridgehead atoms. The summed E-state index contributed by atoms with van der Waals surface area (Å²) in [6.45, 7) is 23.2. The van der Waals surface area contributed by atoms with Crippen molar-refractivity contribution in [1.82, 2.24) is 20.0 Å². The minimum absolute atomic E-state index is 0. The van der Waals surface area contributed by atoms with Crippen LogP contribution in [0.15, 0.2) is 309 Å². The van der Waals surface area contributed by atoms with Gasteiger partial charge in [-0.05, 0) is 287 Å². The topological polar surface area (TPSA) is 164 Å². The van der Waals surface area contributed by atoms with E-state index in [0.717, 1.165) is 96.9 Å². The molecule has 4 aliphatic rings. The molecule has 0 aliphatic carbocycles. The lowest BCUT2D eigenvalue weighted by molar-refractivity contribution is -0.121. The first kappa shape index (κ1) is 111. The van der Waals surface area contributed by atoms with Gasteiger partial charge >= 0.3 is 18.3 Å². The van der Waals surface area contributed by atoms with Crippen LogP contribution in [-0.2, 0) is 43.3 Å². The second-order valence-electron chi connectivity index (χ2n) is 35.4. The molecule has 712 valence electrons. The zero-order valence-electron chi connectivity index (χ0n) is 79.1. The van der Waals surface area contributed by atoms with Gasteiger partial charge in [0.2, 0.25) is 0 Å². The normalized spacial score (nSPS) is 13.8. The fraction of sp³-hybridized carbons (Fsp3) is 0.363. The van der Waals surface area contributed by atoms with Crippen LogP contribution in [0, 0.1) is 11.8 Å². The lowest BCUT2D eigenvalue weighted by Crippen LogP contribution is -3.00. The zero-order chi connectivity index (χ0) is 93.2. The number of halogens is 2. The van der Waals surface area contributed by atoms with E-state index in [1.807, 2.05) is 128 Å². The summed E-state index contributed by atoms with van der Waals surface area (Å²) in [5.41, 5.74) is 6.41. The van der Waals surface area contributed by atoms with E-state index < -0.39 is 32.0 Å². The fourth-order valence-electron chi connectivity index (χ4n) is 15.4. The Morgan fingerprint density at radius 3 is 1.02 bits per heavy atom. The molecule has 133 heavy (non-hydrogen) atoms. The minimum atomic E-state index is -1.86. The molecule has 4 fully saturated rings. The summed E-state index contributed by atoms with van der Waals surface area (Å²) in [5.74, 6) is 6.25. The second-order valence-corrected chi connectivity index (χ2v) is 41.7. The maximum atomic E-state index is 12.0. The summed E-state index contributed by atoms with van der Waals surface area (Å²) < 4.78 is 42.3. The Morgan fingerprint density at radius 1 is 0.376 bits per heavy atom. The number of alkyl halides is 1. The number of nitrogens with zero attached hydrogens (tertiary/aromatic N) is 3. The number of ether oxygens (including phenoxy) is 8. The van der Waals surface area contributed by atoms with Crippen molar-refractivity contribution in [2.24, 2.45) is 11.8 Å². The Bertz CT molecular complexity index is 4970. The van der Waals surface area contributed by atoms with E-state index in [2.05, 4.69) is 270 Å². The number of ketones is 1. The number of carbonyl (C=O) groups excluding carboxylic acids is 4. The largest absolute Gasteiger partial charge is 1.00 e. The third kappa shape index (κ3) is 38.7. The summed E-state index contributed by atoms with van der Waals surface area (Å²) in [6.07, 6.45) is 12.0. The summed E-state index contributed by atoms with van der Waals surface area (Å²) in [5, 5.41) is 12.7. The van der Waals surface area contributed by atoms with E-state index in [-0.39, 0.29) is 55.9 Å². The summed E-state index contributed by atoms with van der Waals surface area (Å²) in [6, 6.07) is 106. The van der Waals surface area contributed by atoms with Crippen LogP contribution in [0.3, 0.4) is 0 Å². The van der Waals surface area contributed by atoms with Gasteiger partial charge in [0.15, 0.2) is 0 Å². The number of Topliss-reactive ketones (excluding diaryl/α,β-unsaturated/α-hetero) is 1. The van der Waals surface area contributed by atoms with Gasteiger partial charge in [-0.3, -0.25) is 4.79 Å². The Kier molecular flexibility index (Phi) is 48.4. The highest BCUT2D eigenvalue weighted by atomic mass is 79.9. The van der Waals surface area contributed by atoms with Crippen molar-refractivity contribution >= 4 is 93.1 Å². The van der Waals surface area contributed by atoms with Crippen molar-refractivity contribution in [3.63, 3.8) is 0 Å². The third-order valence-electron chi connectivity index (χ3n) is 22.0. The van der Waals surface area contributed by atoms with Crippen molar-refractivity contribution in [3.8, 4) is 28.7 Å². The van der Waals surface area contributed by atoms with Crippen molar-refractivity contribution in [3.05, 3.63) is 337 Å². The zero-order valence-corrected chi connectivity index (χ0v) is 84.1. The summed E-state index contributed by atoms with van der Waals surface area (Å²) in [4.78, 5) is 51.7. The van der Waals surface area contributed by atoms with Crippen LogP contribution in [0.2, 0.25) is 0 Å².